The quantitative estimate of drug-likeness (QED) is 0.793. The average Bonchev–Trinajstić information content (AvgIpc) is 2.44. The zero-order chi connectivity index (χ0) is 11.7. The Kier molecular flexibility index (Phi) is 3.12. The Morgan fingerprint density at radius 3 is 2.56 bits per heavy atom. The van der Waals surface area contributed by atoms with Crippen LogP contribution >= 0.6 is 0 Å². The zero-order valence-corrected chi connectivity index (χ0v) is 9.49. The molecule has 0 radical (unpaired) electrons. The molecule has 1 heterocycles. The minimum absolute atomic E-state index is 0.0805. The van der Waals surface area contributed by atoms with Crippen molar-refractivity contribution < 1.29 is 13.5 Å². The van der Waals surface area contributed by atoms with Crippen molar-refractivity contribution in [3.05, 3.63) is 11.8 Å². The molecule has 0 bridgehead atoms. The molecule has 5 heteroatoms. The lowest BCUT2D eigenvalue weighted by Gasteiger charge is -2.25. The summed E-state index contributed by atoms with van der Waals surface area (Å²) < 4.78 is 30.6. The van der Waals surface area contributed by atoms with Crippen LogP contribution in [0.3, 0.4) is 0 Å². The molecular weight excluding hydrogens is 214 g/mol. The van der Waals surface area contributed by atoms with Gasteiger partial charge >= 0.3 is 6.61 Å². The molecule has 3 nitrogen and oxygen atoms in total. The van der Waals surface area contributed by atoms with Gasteiger partial charge in [0.1, 0.15) is 0 Å². The first-order valence-corrected chi connectivity index (χ1v) is 5.61. The molecular formula is C11H16F2N2O. The van der Waals surface area contributed by atoms with Crippen LogP contribution in [0.5, 0.6) is 5.88 Å². The van der Waals surface area contributed by atoms with Gasteiger partial charge in [0.25, 0.3) is 0 Å². The van der Waals surface area contributed by atoms with E-state index in [1.165, 1.54) is 6.42 Å². The molecule has 0 amide bonds. The number of hydrogen-bond donors (Lipinski definition) is 0. The van der Waals surface area contributed by atoms with Crippen LogP contribution in [0.25, 0.3) is 0 Å². The highest BCUT2D eigenvalue weighted by Gasteiger charge is 2.24. The Morgan fingerprint density at radius 2 is 2.12 bits per heavy atom. The Balaban J connectivity index is 2.22. The molecule has 0 spiro atoms. The predicted octanol–water partition coefficient (Wildman–Crippen LogP) is 3.33. The predicted molar refractivity (Wildman–Crippen MR) is 55.8 cm³/mol. The lowest BCUT2D eigenvalue weighted by atomic mass is 9.93. The molecule has 90 valence electrons. The third kappa shape index (κ3) is 2.18. The van der Waals surface area contributed by atoms with Crippen molar-refractivity contribution in [2.24, 2.45) is 0 Å². The fraction of sp³-hybridized carbons (Fsp3) is 0.727. The topological polar surface area (TPSA) is 27.1 Å². The van der Waals surface area contributed by atoms with E-state index in [4.69, 9.17) is 0 Å². The SMILES string of the molecule is CC(C)c1cn(C2CCC2)nc1OC(F)F. The Hall–Kier alpha value is -1.13. The number of hydrogen-bond acceptors (Lipinski definition) is 2. The second-order valence-corrected chi connectivity index (χ2v) is 4.49. The van der Waals surface area contributed by atoms with Crippen molar-refractivity contribution in [1.29, 1.82) is 0 Å². The fourth-order valence-electron chi connectivity index (χ4n) is 1.80. The van der Waals surface area contributed by atoms with Gasteiger partial charge in [-0.3, -0.25) is 4.68 Å². The molecule has 0 N–H and O–H groups in total. The Bertz CT molecular complexity index is 359. The number of rotatable bonds is 4. The van der Waals surface area contributed by atoms with Crippen LogP contribution in [0.2, 0.25) is 0 Å². The van der Waals surface area contributed by atoms with Gasteiger partial charge in [0.2, 0.25) is 5.88 Å². The van der Waals surface area contributed by atoms with Crippen LogP contribution in [0.4, 0.5) is 8.78 Å². The number of ether oxygens (including phenoxy) is 1. The van der Waals surface area contributed by atoms with Crippen molar-refractivity contribution in [1.82, 2.24) is 9.78 Å². The van der Waals surface area contributed by atoms with Gasteiger partial charge in [-0.2, -0.15) is 8.78 Å². The van der Waals surface area contributed by atoms with E-state index in [2.05, 4.69) is 9.84 Å². The van der Waals surface area contributed by atoms with Gasteiger partial charge in [0.15, 0.2) is 0 Å². The van der Waals surface area contributed by atoms with E-state index in [0.29, 0.717) is 6.04 Å². The van der Waals surface area contributed by atoms with Crippen LogP contribution in [0, 0.1) is 0 Å². The fourth-order valence-corrected chi connectivity index (χ4v) is 1.80. The highest BCUT2D eigenvalue weighted by atomic mass is 19.3. The molecule has 0 unspecified atom stereocenters. The third-order valence-electron chi connectivity index (χ3n) is 3.00. The van der Waals surface area contributed by atoms with Crippen molar-refractivity contribution >= 4 is 0 Å². The number of aromatic nitrogens is 2. The van der Waals surface area contributed by atoms with Gasteiger partial charge in [-0.1, -0.05) is 13.8 Å². The molecule has 0 saturated heterocycles. The monoisotopic (exact) mass is 230 g/mol. The summed E-state index contributed by atoms with van der Waals surface area (Å²) in [5.74, 6) is 0.222. The lowest BCUT2D eigenvalue weighted by molar-refractivity contribution is -0.0541. The second kappa shape index (κ2) is 4.39. The summed E-state index contributed by atoms with van der Waals surface area (Å²) in [5.41, 5.74) is 0.757. The maximum atomic E-state index is 12.2. The summed E-state index contributed by atoms with van der Waals surface area (Å²) in [6.07, 6.45) is 5.18. The van der Waals surface area contributed by atoms with Crippen molar-refractivity contribution in [2.75, 3.05) is 0 Å². The molecule has 16 heavy (non-hydrogen) atoms. The van der Waals surface area contributed by atoms with Crippen LogP contribution < -0.4 is 4.74 Å². The molecule has 1 aliphatic rings. The Morgan fingerprint density at radius 1 is 1.44 bits per heavy atom. The average molecular weight is 230 g/mol. The van der Waals surface area contributed by atoms with Crippen molar-refractivity contribution in [3.8, 4) is 5.88 Å². The summed E-state index contributed by atoms with van der Waals surface area (Å²) in [7, 11) is 0. The zero-order valence-electron chi connectivity index (χ0n) is 9.49. The van der Waals surface area contributed by atoms with Gasteiger partial charge in [-0.15, -0.1) is 5.10 Å². The molecule has 0 aliphatic heterocycles. The van der Waals surface area contributed by atoms with Gasteiger partial charge in [-0.05, 0) is 25.2 Å². The number of nitrogens with zero attached hydrogens (tertiary/aromatic N) is 2. The number of halogens is 2. The lowest BCUT2D eigenvalue weighted by Crippen LogP contribution is -2.17. The van der Waals surface area contributed by atoms with Crippen LogP contribution in [0.1, 0.15) is 50.6 Å². The van der Waals surface area contributed by atoms with E-state index < -0.39 is 6.61 Å². The maximum absolute atomic E-state index is 12.2. The van der Waals surface area contributed by atoms with Gasteiger partial charge in [0.05, 0.1) is 6.04 Å². The van der Waals surface area contributed by atoms with Crippen molar-refractivity contribution in [3.63, 3.8) is 0 Å². The molecule has 2 rings (SSSR count). The minimum atomic E-state index is -2.80. The molecule has 1 aromatic rings. The van der Waals surface area contributed by atoms with Gasteiger partial charge in [-0.25, -0.2) is 0 Å². The second-order valence-electron chi connectivity index (χ2n) is 4.49. The standard InChI is InChI=1S/C11H16F2N2O/c1-7(2)9-6-15(8-4-3-5-8)14-10(9)16-11(12)13/h6-8,11H,3-5H2,1-2H3. The summed E-state index contributed by atoms with van der Waals surface area (Å²) in [5, 5.41) is 4.11. The van der Waals surface area contributed by atoms with E-state index in [0.717, 1.165) is 18.4 Å². The summed E-state index contributed by atoms with van der Waals surface area (Å²) >= 11 is 0. The summed E-state index contributed by atoms with van der Waals surface area (Å²) in [6, 6.07) is 0.368. The van der Waals surface area contributed by atoms with Crippen LogP contribution in [-0.2, 0) is 0 Å². The molecule has 1 saturated carbocycles. The van der Waals surface area contributed by atoms with Crippen LogP contribution in [0.15, 0.2) is 6.20 Å². The van der Waals surface area contributed by atoms with Crippen LogP contribution in [-0.4, -0.2) is 16.4 Å². The first-order valence-electron chi connectivity index (χ1n) is 5.61. The summed E-state index contributed by atoms with van der Waals surface area (Å²) in [6.45, 7) is 1.09. The van der Waals surface area contributed by atoms with E-state index in [9.17, 15) is 8.78 Å². The van der Waals surface area contributed by atoms with E-state index in [1.807, 2.05) is 20.0 Å². The third-order valence-corrected chi connectivity index (χ3v) is 3.00. The van der Waals surface area contributed by atoms with E-state index in [1.54, 1.807) is 4.68 Å². The number of alkyl halides is 2. The molecule has 0 atom stereocenters. The Labute approximate surface area is 93.4 Å². The largest absolute Gasteiger partial charge is 0.415 e. The van der Waals surface area contributed by atoms with Crippen molar-refractivity contribution in [2.45, 2.75) is 51.7 Å². The van der Waals surface area contributed by atoms with Gasteiger partial charge in [0, 0.05) is 11.8 Å². The highest BCUT2D eigenvalue weighted by Crippen LogP contribution is 2.34. The normalized spacial score (nSPS) is 16.9. The smallest absolute Gasteiger partial charge is 0.388 e. The first kappa shape index (κ1) is 11.4. The van der Waals surface area contributed by atoms with E-state index in [-0.39, 0.29) is 11.8 Å². The van der Waals surface area contributed by atoms with E-state index >= 15 is 0 Å². The highest BCUT2D eigenvalue weighted by molar-refractivity contribution is 5.27. The molecule has 1 aromatic heterocycles. The summed E-state index contributed by atoms with van der Waals surface area (Å²) in [4.78, 5) is 0. The first-order chi connectivity index (χ1) is 7.58. The van der Waals surface area contributed by atoms with Gasteiger partial charge < -0.3 is 4.74 Å². The minimum Gasteiger partial charge on any atom is -0.415 e. The molecule has 1 aliphatic carbocycles. The molecule has 1 fully saturated rings. The maximum Gasteiger partial charge on any atom is 0.388 e. The molecule has 0 aromatic carbocycles.